The van der Waals surface area contributed by atoms with Gasteiger partial charge in [0.1, 0.15) is 22.5 Å². The predicted octanol–water partition coefficient (Wildman–Crippen LogP) is 6.96. The molecule has 38 heavy (non-hydrogen) atoms. The first-order valence-corrected chi connectivity index (χ1v) is 14.7. The molecule has 0 aliphatic heterocycles. The Hall–Kier alpha value is -3.19. The zero-order valence-electron chi connectivity index (χ0n) is 23.7. The molecule has 0 unspecified atom stereocenters. The van der Waals surface area contributed by atoms with Crippen LogP contribution in [0.1, 0.15) is 78.5 Å². The fourth-order valence-corrected chi connectivity index (χ4v) is 6.34. The molecule has 0 bridgehead atoms. The number of aromatic hydroxyl groups is 1. The van der Waals surface area contributed by atoms with Crippen LogP contribution in [-0.2, 0) is 20.7 Å². The third kappa shape index (κ3) is 5.35. The Morgan fingerprint density at radius 2 is 1.45 bits per heavy atom. The van der Waals surface area contributed by atoms with Gasteiger partial charge in [0.2, 0.25) is 0 Å². The van der Waals surface area contributed by atoms with Crippen molar-refractivity contribution >= 4 is 20.9 Å². The highest BCUT2D eigenvalue weighted by Crippen LogP contribution is 2.44. The third-order valence-electron chi connectivity index (χ3n) is 7.32. The van der Waals surface area contributed by atoms with Gasteiger partial charge in [-0.05, 0) is 52.6 Å². The van der Waals surface area contributed by atoms with Crippen molar-refractivity contribution in [3.8, 4) is 11.4 Å². The van der Waals surface area contributed by atoms with Gasteiger partial charge in [-0.3, -0.25) is 0 Å². The summed E-state index contributed by atoms with van der Waals surface area (Å²) >= 11 is 0. The molecule has 202 valence electrons. The minimum Gasteiger partial charge on any atom is -0.505 e. The van der Waals surface area contributed by atoms with E-state index in [1.54, 1.807) is 25.1 Å². The molecule has 0 aliphatic carbocycles. The Bertz CT molecular complexity index is 1580. The van der Waals surface area contributed by atoms with Crippen LogP contribution in [0.25, 0.3) is 16.7 Å². The van der Waals surface area contributed by atoms with E-state index in [2.05, 4.69) is 76.9 Å². The Labute approximate surface area is 226 Å². The first-order valence-electron chi connectivity index (χ1n) is 13.1. The van der Waals surface area contributed by atoms with E-state index in [1.165, 1.54) is 4.80 Å². The van der Waals surface area contributed by atoms with Gasteiger partial charge in [-0.2, -0.15) is 0 Å². The summed E-state index contributed by atoms with van der Waals surface area (Å²) in [4.78, 5) is 1.65. The Morgan fingerprint density at radius 1 is 0.816 bits per heavy atom. The molecule has 0 spiro atoms. The SMILES string of the molecule is CCS(=O)(=O)c1ccc2nn(-c3cc(C(C)(C)CC(C)(C)C)cc(C(C)(C)c4ccccc4)c3O)nc2c1. The van der Waals surface area contributed by atoms with Gasteiger partial charge in [0.15, 0.2) is 9.84 Å². The molecule has 0 saturated heterocycles. The number of phenols is 1. The second-order valence-corrected chi connectivity index (χ2v) is 14.8. The fourth-order valence-electron chi connectivity index (χ4n) is 5.44. The van der Waals surface area contributed by atoms with Crippen molar-refractivity contribution in [2.24, 2.45) is 5.41 Å². The summed E-state index contributed by atoms with van der Waals surface area (Å²) in [6.45, 7) is 17.0. The Balaban J connectivity index is 1.97. The van der Waals surface area contributed by atoms with Crippen LogP contribution in [0, 0.1) is 5.41 Å². The van der Waals surface area contributed by atoms with Crippen LogP contribution >= 0.6 is 0 Å². The van der Waals surface area contributed by atoms with Gasteiger partial charge in [0, 0.05) is 11.0 Å². The molecule has 0 amide bonds. The maximum atomic E-state index is 12.4. The molecule has 6 nitrogen and oxygen atoms in total. The molecule has 4 aromatic rings. The number of phenolic OH excluding ortho intramolecular Hbond substituents is 1. The van der Waals surface area contributed by atoms with Gasteiger partial charge < -0.3 is 5.11 Å². The van der Waals surface area contributed by atoms with E-state index in [0.29, 0.717) is 16.7 Å². The molecular formula is C31H39N3O3S. The highest BCUT2D eigenvalue weighted by molar-refractivity contribution is 7.91. The van der Waals surface area contributed by atoms with Crippen molar-refractivity contribution in [2.75, 3.05) is 5.75 Å². The summed E-state index contributed by atoms with van der Waals surface area (Å²) in [5, 5.41) is 21.0. The van der Waals surface area contributed by atoms with Gasteiger partial charge in [-0.25, -0.2) is 8.42 Å². The molecule has 3 aromatic carbocycles. The number of hydrogen-bond donors (Lipinski definition) is 1. The normalized spacial score (nSPS) is 13.3. The van der Waals surface area contributed by atoms with Gasteiger partial charge in [-0.1, -0.05) is 91.8 Å². The average molecular weight is 534 g/mol. The van der Waals surface area contributed by atoms with Crippen molar-refractivity contribution in [2.45, 2.75) is 77.5 Å². The topological polar surface area (TPSA) is 85.1 Å². The van der Waals surface area contributed by atoms with Crippen LogP contribution in [0.2, 0.25) is 0 Å². The average Bonchev–Trinajstić information content (AvgIpc) is 3.26. The van der Waals surface area contributed by atoms with Gasteiger partial charge >= 0.3 is 0 Å². The van der Waals surface area contributed by atoms with E-state index >= 15 is 0 Å². The molecule has 1 N–H and O–H groups in total. The summed E-state index contributed by atoms with van der Waals surface area (Å²) < 4.78 is 24.9. The number of hydrogen-bond acceptors (Lipinski definition) is 5. The van der Waals surface area contributed by atoms with Crippen molar-refractivity contribution in [1.82, 2.24) is 15.0 Å². The Kier molecular flexibility index (Phi) is 6.98. The quantitative estimate of drug-likeness (QED) is 0.278. The largest absolute Gasteiger partial charge is 0.505 e. The van der Waals surface area contributed by atoms with E-state index in [1.807, 2.05) is 24.3 Å². The lowest BCUT2D eigenvalue weighted by molar-refractivity contribution is 0.283. The predicted molar refractivity (Wildman–Crippen MR) is 154 cm³/mol. The number of sulfone groups is 1. The highest BCUT2D eigenvalue weighted by atomic mass is 32.2. The summed E-state index contributed by atoms with van der Waals surface area (Å²) in [7, 11) is -3.38. The zero-order valence-corrected chi connectivity index (χ0v) is 24.5. The summed E-state index contributed by atoms with van der Waals surface area (Å²) in [6, 6.07) is 19.0. The molecular weight excluding hydrogens is 494 g/mol. The number of aromatic nitrogens is 3. The smallest absolute Gasteiger partial charge is 0.178 e. The summed E-state index contributed by atoms with van der Waals surface area (Å²) in [5.74, 6) is 0.117. The molecule has 0 saturated carbocycles. The lowest BCUT2D eigenvalue weighted by Gasteiger charge is -2.35. The summed E-state index contributed by atoms with van der Waals surface area (Å²) in [5.41, 5.74) is 3.84. The second-order valence-electron chi connectivity index (χ2n) is 12.5. The molecule has 1 heterocycles. The van der Waals surface area contributed by atoms with Crippen LogP contribution in [0.4, 0.5) is 0 Å². The third-order valence-corrected chi connectivity index (χ3v) is 9.05. The molecule has 0 fully saturated rings. The maximum absolute atomic E-state index is 12.4. The van der Waals surface area contributed by atoms with Crippen molar-refractivity contribution < 1.29 is 13.5 Å². The van der Waals surface area contributed by atoms with Gasteiger partial charge in [0.05, 0.1) is 10.6 Å². The van der Waals surface area contributed by atoms with E-state index < -0.39 is 15.3 Å². The highest BCUT2D eigenvalue weighted by Gasteiger charge is 2.33. The van der Waals surface area contributed by atoms with Crippen LogP contribution < -0.4 is 0 Å². The lowest BCUT2D eigenvalue weighted by Crippen LogP contribution is -2.27. The number of nitrogens with zero attached hydrogens (tertiary/aromatic N) is 3. The molecule has 0 radical (unpaired) electrons. The van der Waals surface area contributed by atoms with Crippen molar-refractivity contribution in [3.05, 3.63) is 77.4 Å². The van der Waals surface area contributed by atoms with Crippen LogP contribution in [0.5, 0.6) is 5.75 Å². The molecule has 1 aromatic heterocycles. The number of benzene rings is 3. The molecule has 7 heteroatoms. The molecule has 0 atom stereocenters. The number of fused-ring (bicyclic) bond motifs is 1. The standard InChI is InChI=1S/C31H39N3O3S/c1-9-38(36,37)23-15-16-25-26(19-23)33-34(32-25)27-18-22(30(5,6)20-29(2,3)4)17-24(28(27)35)31(7,8)21-13-11-10-12-14-21/h10-19,35H,9,20H2,1-8H3. The number of rotatable bonds is 7. The second kappa shape index (κ2) is 9.53. The first kappa shape index (κ1) is 27.8. The minimum atomic E-state index is -3.38. The van der Waals surface area contributed by atoms with Crippen LogP contribution in [0.15, 0.2) is 65.6 Å². The van der Waals surface area contributed by atoms with E-state index in [9.17, 15) is 13.5 Å². The minimum absolute atomic E-state index is 0.0102. The lowest BCUT2D eigenvalue weighted by atomic mass is 9.70. The molecule has 0 aliphatic rings. The summed E-state index contributed by atoms with van der Waals surface area (Å²) in [6.07, 6.45) is 0.933. The van der Waals surface area contributed by atoms with Crippen molar-refractivity contribution in [3.63, 3.8) is 0 Å². The molecule has 4 rings (SSSR count). The zero-order chi connectivity index (χ0) is 28.1. The Morgan fingerprint density at radius 3 is 2.05 bits per heavy atom. The first-order chi connectivity index (χ1) is 17.5. The van der Waals surface area contributed by atoms with Crippen LogP contribution in [0.3, 0.4) is 0 Å². The van der Waals surface area contributed by atoms with E-state index in [4.69, 9.17) is 0 Å². The van der Waals surface area contributed by atoms with Gasteiger partial charge in [0.25, 0.3) is 0 Å². The maximum Gasteiger partial charge on any atom is 0.178 e. The monoisotopic (exact) mass is 533 g/mol. The van der Waals surface area contributed by atoms with Gasteiger partial charge in [-0.15, -0.1) is 15.0 Å². The van der Waals surface area contributed by atoms with E-state index in [0.717, 1.165) is 23.1 Å². The van der Waals surface area contributed by atoms with Crippen molar-refractivity contribution in [1.29, 1.82) is 0 Å². The van der Waals surface area contributed by atoms with Crippen LogP contribution in [-0.4, -0.2) is 34.3 Å². The fraction of sp³-hybridized carbons (Fsp3) is 0.419. The van der Waals surface area contributed by atoms with E-state index in [-0.39, 0.29) is 27.2 Å².